The fourth-order valence-electron chi connectivity index (χ4n) is 2.83. The van der Waals surface area contributed by atoms with Crippen molar-refractivity contribution in [1.29, 1.82) is 0 Å². The van der Waals surface area contributed by atoms with Crippen LogP contribution in [0.3, 0.4) is 0 Å². The van der Waals surface area contributed by atoms with E-state index in [1.54, 1.807) is 6.20 Å². The second-order valence-corrected chi connectivity index (χ2v) is 5.66. The van der Waals surface area contributed by atoms with Crippen LogP contribution in [-0.4, -0.2) is 35.9 Å². The second-order valence-electron chi connectivity index (χ2n) is 5.66. The molecule has 110 valence electrons. The summed E-state index contributed by atoms with van der Waals surface area (Å²) in [4.78, 5) is 18.7. The zero-order valence-electron chi connectivity index (χ0n) is 12.6. The van der Waals surface area contributed by atoms with Crippen LogP contribution in [0.4, 0.5) is 5.82 Å². The highest BCUT2D eigenvalue weighted by molar-refractivity contribution is 5.98. The third-order valence-electron chi connectivity index (χ3n) is 3.93. The van der Waals surface area contributed by atoms with E-state index in [1.807, 2.05) is 24.1 Å². The summed E-state index contributed by atoms with van der Waals surface area (Å²) in [6.45, 7) is 3.80. The van der Waals surface area contributed by atoms with Crippen molar-refractivity contribution in [1.82, 2.24) is 9.88 Å². The summed E-state index contributed by atoms with van der Waals surface area (Å²) in [6.07, 6.45) is 7.87. The number of amides is 1. The first-order valence-corrected chi connectivity index (χ1v) is 7.66. The average Bonchev–Trinajstić information content (AvgIpc) is 2.97. The molecule has 0 bridgehead atoms. The zero-order chi connectivity index (χ0) is 14.4. The molecule has 0 spiro atoms. The quantitative estimate of drug-likeness (QED) is 0.867. The molecule has 1 fully saturated rings. The molecule has 1 aromatic rings. The molecule has 4 heteroatoms. The standard InChI is InChI=1S/C16H25N3O/c1-3-10-17-15-14(9-6-11-18-15)16(20)19(2)12-13-7-4-5-8-13/h6,9,11,13H,3-5,7-8,10,12H2,1-2H3,(H,17,18). The van der Waals surface area contributed by atoms with Crippen LogP contribution in [0.5, 0.6) is 0 Å². The van der Waals surface area contributed by atoms with E-state index in [9.17, 15) is 4.79 Å². The Morgan fingerprint density at radius 2 is 2.20 bits per heavy atom. The molecule has 1 heterocycles. The number of hydrogen-bond acceptors (Lipinski definition) is 3. The van der Waals surface area contributed by atoms with Crippen molar-refractivity contribution in [3.63, 3.8) is 0 Å². The van der Waals surface area contributed by atoms with E-state index in [4.69, 9.17) is 0 Å². The molecule has 1 aliphatic rings. The minimum Gasteiger partial charge on any atom is -0.369 e. The van der Waals surface area contributed by atoms with Gasteiger partial charge < -0.3 is 10.2 Å². The Morgan fingerprint density at radius 3 is 2.90 bits per heavy atom. The maximum absolute atomic E-state index is 12.6. The van der Waals surface area contributed by atoms with Crippen LogP contribution in [0.1, 0.15) is 49.4 Å². The first-order chi connectivity index (χ1) is 9.72. The Balaban J connectivity index is 2.03. The first-order valence-electron chi connectivity index (χ1n) is 7.66. The number of anilines is 1. The number of aromatic nitrogens is 1. The molecule has 0 aliphatic heterocycles. The van der Waals surface area contributed by atoms with Gasteiger partial charge in [-0.15, -0.1) is 0 Å². The Hall–Kier alpha value is -1.58. The van der Waals surface area contributed by atoms with Crippen LogP contribution in [0.2, 0.25) is 0 Å². The lowest BCUT2D eigenvalue weighted by Crippen LogP contribution is -2.31. The van der Waals surface area contributed by atoms with Crippen LogP contribution in [0.15, 0.2) is 18.3 Å². The van der Waals surface area contributed by atoms with Crippen molar-refractivity contribution in [3.05, 3.63) is 23.9 Å². The molecule has 1 saturated carbocycles. The summed E-state index contributed by atoms with van der Waals surface area (Å²) < 4.78 is 0. The minimum atomic E-state index is 0.0728. The molecule has 1 aromatic heterocycles. The van der Waals surface area contributed by atoms with Crippen LogP contribution in [0, 0.1) is 5.92 Å². The van der Waals surface area contributed by atoms with Gasteiger partial charge in [-0.2, -0.15) is 0 Å². The fourth-order valence-corrected chi connectivity index (χ4v) is 2.83. The smallest absolute Gasteiger partial charge is 0.257 e. The number of nitrogens with one attached hydrogen (secondary N) is 1. The number of carbonyl (C=O) groups excluding carboxylic acids is 1. The summed E-state index contributed by atoms with van der Waals surface area (Å²) in [6, 6.07) is 3.69. The van der Waals surface area contributed by atoms with E-state index >= 15 is 0 Å². The Bertz CT molecular complexity index is 441. The molecular weight excluding hydrogens is 250 g/mol. The predicted molar refractivity (Wildman–Crippen MR) is 81.9 cm³/mol. The van der Waals surface area contributed by atoms with Crippen molar-refractivity contribution in [2.75, 3.05) is 25.5 Å². The summed E-state index contributed by atoms with van der Waals surface area (Å²) in [7, 11) is 1.90. The molecule has 0 saturated heterocycles. The minimum absolute atomic E-state index is 0.0728. The summed E-state index contributed by atoms with van der Waals surface area (Å²) in [5, 5.41) is 3.23. The number of nitrogens with zero attached hydrogens (tertiary/aromatic N) is 2. The van der Waals surface area contributed by atoms with E-state index in [2.05, 4.69) is 17.2 Å². The van der Waals surface area contributed by atoms with Gasteiger partial charge in [0.15, 0.2) is 0 Å². The van der Waals surface area contributed by atoms with E-state index in [0.717, 1.165) is 19.5 Å². The Labute approximate surface area is 121 Å². The number of hydrogen-bond donors (Lipinski definition) is 1. The number of pyridine rings is 1. The lowest BCUT2D eigenvalue weighted by molar-refractivity contribution is 0.0774. The van der Waals surface area contributed by atoms with Gasteiger partial charge >= 0.3 is 0 Å². The second kappa shape index (κ2) is 7.27. The van der Waals surface area contributed by atoms with Crippen molar-refractivity contribution in [2.24, 2.45) is 5.92 Å². The molecule has 2 rings (SSSR count). The van der Waals surface area contributed by atoms with Crippen LogP contribution in [0.25, 0.3) is 0 Å². The third kappa shape index (κ3) is 3.71. The molecule has 4 nitrogen and oxygen atoms in total. The Morgan fingerprint density at radius 1 is 1.45 bits per heavy atom. The van der Waals surface area contributed by atoms with Gasteiger partial charge in [0.1, 0.15) is 5.82 Å². The molecule has 0 aromatic carbocycles. The van der Waals surface area contributed by atoms with E-state index in [1.165, 1.54) is 25.7 Å². The molecule has 0 radical (unpaired) electrons. The number of rotatable bonds is 6. The fraction of sp³-hybridized carbons (Fsp3) is 0.625. The summed E-state index contributed by atoms with van der Waals surface area (Å²) >= 11 is 0. The summed E-state index contributed by atoms with van der Waals surface area (Å²) in [5.74, 6) is 1.45. The highest BCUT2D eigenvalue weighted by atomic mass is 16.2. The van der Waals surface area contributed by atoms with Crippen molar-refractivity contribution in [3.8, 4) is 0 Å². The molecule has 1 aliphatic carbocycles. The van der Waals surface area contributed by atoms with Crippen molar-refractivity contribution < 1.29 is 4.79 Å². The van der Waals surface area contributed by atoms with Gasteiger partial charge in [-0.3, -0.25) is 4.79 Å². The monoisotopic (exact) mass is 275 g/mol. The van der Waals surface area contributed by atoms with E-state index < -0.39 is 0 Å². The molecular formula is C16H25N3O. The molecule has 1 N–H and O–H groups in total. The molecule has 0 unspecified atom stereocenters. The highest BCUT2D eigenvalue weighted by Crippen LogP contribution is 2.26. The van der Waals surface area contributed by atoms with Gasteiger partial charge in [0.05, 0.1) is 5.56 Å². The van der Waals surface area contributed by atoms with Gasteiger partial charge in [-0.25, -0.2) is 4.98 Å². The topological polar surface area (TPSA) is 45.2 Å². The van der Waals surface area contributed by atoms with E-state index in [-0.39, 0.29) is 5.91 Å². The highest BCUT2D eigenvalue weighted by Gasteiger charge is 2.21. The van der Waals surface area contributed by atoms with Gasteiger partial charge in [-0.05, 0) is 37.3 Å². The van der Waals surface area contributed by atoms with Crippen LogP contribution in [-0.2, 0) is 0 Å². The largest absolute Gasteiger partial charge is 0.369 e. The Kier molecular flexibility index (Phi) is 5.39. The molecule has 0 atom stereocenters. The van der Waals surface area contributed by atoms with Gasteiger partial charge in [0.2, 0.25) is 0 Å². The van der Waals surface area contributed by atoms with Gasteiger partial charge in [-0.1, -0.05) is 19.8 Å². The number of carbonyl (C=O) groups is 1. The van der Waals surface area contributed by atoms with Crippen molar-refractivity contribution >= 4 is 11.7 Å². The summed E-state index contributed by atoms with van der Waals surface area (Å²) in [5.41, 5.74) is 0.682. The zero-order valence-corrected chi connectivity index (χ0v) is 12.6. The van der Waals surface area contributed by atoms with Crippen LogP contribution < -0.4 is 5.32 Å². The van der Waals surface area contributed by atoms with Gasteiger partial charge in [0.25, 0.3) is 5.91 Å². The van der Waals surface area contributed by atoms with Crippen LogP contribution >= 0.6 is 0 Å². The normalized spacial score (nSPS) is 15.3. The van der Waals surface area contributed by atoms with Gasteiger partial charge in [0, 0.05) is 26.3 Å². The van der Waals surface area contributed by atoms with Crippen molar-refractivity contribution in [2.45, 2.75) is 39.0 Å². The molecule has 1 amide bonds. The third-order valence-corrected chi connectivity index (χ3v) is 3.93. The SMILES string of the molecule is CCCNc1ncccc1C(=O)N(C)CC1CCCC1. The maximum Gasteiger partial charge on any atom is 0.257 e. The lowest BCUT2D eigenvalue weighted by atomic mass is 10.1. The first kappa shape index (κ1) is 14.8. The lowest BCUT2D eigenvalue weighted by Gasteiger charge is -2.22. The predicted octanol–water partition coefficient (Wildman–Crippen LogP) is 3.17. The van der Waals surface area contributed by atoms with E-state index in [0.29, 0.717) is 17.3 Å². The average molecular weight is 275 g/mol. The maximum atomic E-state index is 12.6. The molecule has 20 heavy (non-hydrogen) atoms.